The third kappa shape index (κ3) is 5.82. The number of hydrogen-bond donors (Lipinski definition) is 2. The summed E-state index contributed by atoms with van der Waals surface area (Å²) in [4.78, 5) is 27.4. The van der Waals surface area contributed by atoms with Gasteiger partial charge in [0, 0.05) is 22.5 Å². The van der Waals surface area contributed by atoms with Crippen LogP contribution < -0.4 is 10.1 Å². The van der Waals surface area contributed by atoms with Gasteiger partial charge in [0.05, 0.1) is 18.7 Å². The molecular formula is C22H23ClN4O4. The minimum Gasteiger partial charge on any atom is -0.493 e. The highest BCUT2D eigenvalue weighted by atomic mass is 35.5. The normalized spacial score (nSPS) is 10.9. The molecule has 2 heterocycles. The van der Waals surface area contributed by atoms with Crippen LogP contribution in [-0.4, -0.2) is 38.4 Å². The number of rotatable bonds is 8. The molecule has 0 bridgehead atoms. The Morgan fingerprint density at radius 2 is 2.00 bits per heavy atom. The summed E-state index contributed by atoms with van der Waals surface area (Å²) >= 11 is 6.17. The lowest BCUT2D eigenvalue weighted by molar-refractivity contribution is 0.0696. The number of aromatic nitrogens is 3. The third-order valence-electron chi connectivity index (χ3n) is 4.38. The molecule has 31 heavy (non-hydrogen) atoms. The number of hydrogen-bond acceptors (Lipinski definition) is 5. The summed E-state index contributed by atoms with van der Waals surface area (Å²) in [6, 6.07) is 9.89. The van der Waals surface area contributed by atoms with Crippen LogP contribution in [0.15, 0.2) is 42.6 Å². The van der Waals surface area contributed by atoms with E-state index in [9.17, 15) is 9.59 Å². The van der Waals surface area contributed by atoms with Gasteiger partial charge in [-0.15, -0.1) is 0 Å². The summed E-state index contributed by atoms with van der Waals surface area (Å²) in [5.74, 6) is -0.191. The van der Waals surface area contributed by atoms with E-state index in [2.05, 4.69) is 29.2 Å². The summed E-state index contributed by atoms with van der Waals surface area (Å²) in [5, 5.41) is 16.5. The molecule has 3 aromatic rings. The van der Waals surface area contributed by atoms with Gasteiger partial charge in [0.15, 0.2) is 5.69 Å². The topological polar surface area (TPSA) is 106 Å². The Balaban J connectivity index is 1.76. The number of carboxylic acids is 1. The summed E-state index contributed by atoms with van der Waals surface area (Å²) < 4.78 is 7.59. The number of nitrogens with one attached hydrogen (secondary N) is 1. The Labute approximate surface area is 184 Å². The molecule has 2 aromatic heterocycles. The number of amides is 1. The maximum Gasteiger partial charge on any atom is 0.337 e. The fourth-order valence-electron chi connectivity index (χ4n) is 2.79. The van der Waals surface area contributed by atoms with Gasteiger partial charge in [0.2, 0.25) is 0 Å². The Kier molecular flexibility index (Phi) is 6.91. The van der Waals surface area contributed by atoms with Crippen LogP contribution in [0.5, 0.6) is 5.75 Å². The summed E-state index contributed by atoms with van der Waals surface area (Å²) in [6.07, 6.45) is 1.18. The Morgan fingerprint density at radius 1 is 1.23 bits per heavy atom. The number of aromatic carboxylic acids is 1. The van der Waals surface area contributed by atoms with Crippen molar-refractivity contribution in [2.24, 2.45) is 5.92 Å². The second-order valence-corrected chi connectivity index (χ2v) is 7.91. The molecule has 0 saturated carbocycles. The zero-order valence-corrected chi connectivity index (χ0v) is 18.2. The Morgan fingerprint density at radius 3 is 2.65 bits per heavy atom. The van der Waals surface area contributed by atoms with E-state index in [-0.39, 0.29) is 17.1 Å². The maximum absolute atomic E-state index is 12.6. The number of pyridine rings is 1. The van der Waals surface area contributed by atoms with Crippen molar-refractivity contribution in [3.8, 4) is 5.75 Å². The van der Waals surface area contributed by atoms with Crippen LogP contribution in [-0.2, 0) is 6.54 Å². The number of carbonyl (C=O) groups excluding carboxylic acids is 1. The van der Waals surface area contributed by atoms with Crippen LogP contribution in [0.3, 0.4) is 0 Å². The van der Waals surface area contributed by atoms with Crippen LogP contribution >= 0.6 is 11.6 Å². The standard InChI is InChI=1S/C22H23ClN4O4/c1-13(2)12-31-19-6-5-17(23)9-16(19)11-27-14(3)8-18(26-27)21(28)25-20-7-4-15(10-24-20)22(29)30/h4-10,13H,11-12H2,1-3H3,(H,29,30)(H,24,25,28). The molecule has 162 valence electrons. The van der Waals surface area contributed by atoms with Crippen molar-refractivity contribution < 1.29 is 19.4 Å². The monoisotopic (exact) mass is 442 g/mol. The smallest absolute Gasteiger partial charge is 0.337 e. The summed E-state index contributed by atoms with van der Waals surface area (Å²) in [7, 11) is 0. The van der Waals surface area contributed by atoms with E-state index >= 15 is 0 Å². The molecule has 0 aliphatic rings. The third-order valence-corrected chi connectivity index (χ3v) is 4.62. The van der Waals surface area contributed by atoms with Crippen molar-refractivity contribution in [1.29, 1.82) is 0 Å². The SMILES string of the molecule is Cc1cc(C(=O)Nc2ccc(C(=O)O)cn2)nn1Cc1cc(Cl)ccc1OCC(C)C. The van der Waals surface area contributed by atoms with Gasteiger partial charge in [-0.3, -0.25) is 9.48 Å². The first-order valence-corrected chi connectivity index (χ1v) is 10.1. The van der Waals surface area contributed by atoms with Crippen LogP contribution in [0, 0.1) is 12.8 Å². The minimum absolute atomic E-state index is 0.0372. The molecule has 0 atom stereocenters. The molecule has 2 N–H and O–H groups in total. The molecule has 0 saturated heterocycles. The molecule has 8 nitrogen and oxygen atoms in total. The van der Waals surface area contributed by atoms with Crippen molar-refractivity contribution in [2.45, 2.75) is 27.3 Å². The van der Waals surface area contributed by atoms with E-state index < -0.39 is 11.9 Å². The predicted molar refractivity (Wildman–Crippen MR) is 117 cm³/mol. The van der Waals surface area contributed by atoms with E-state index in [0.29, 0.717) is 24.1 Å². The quantitative estimate of drug-likeness (QED) is 0.539. The van der Waals surface area contributed by atoms with E-state index in [1.54, 1.807) is 16.8 Å². The molecule has 0 unspecified atom stereocenters. The number of carboxylic acid groups (broad SMARTS) is 1. The van der Waals surface area contributed by atoms with Crippen LogP contribution in [0.25, 0.3) is 0 Å². The molecule has 1 amide bonds. The summed E-state index contributed by atoms with van der Waals surface area (Å²) in [5.41, 5.74) is 1.90. The molecule has 0 spiro atoms. The predicted octanol–water partition coefficient (Wildman–Crippen LogP) is 4.27. The first-order valence-electron chi connectivity index (χ1n) is 9.69. The van der Waals surface area contributed by atoms with Gasteiger partial charge < -0.3 is 15.2 Å². The number of halogens is 1. The fourth-order valence-corrected chi connectivity index (χ4v) is 2.98. The van der Waals surface area contributed by atoms with Crippen molar-refractivity contribution in [3.05, 3.63) is 70.1 Å². The van der Waals surface area contributed by atoms with Crippen molar-refractivity contribution in [3.63, 3.8) is 0 Å². The highest BCUT2D eigenvalue weighted by molar-refractivity contribution is 6.30. The Hall–Kier alpha value is -3.39. The van der Waals surface area contributed by atoms with Crippen LogP contribution in [0.2, 0.25) is 5.02 Å². The Bertz CT molecular complexity index is 1090. The van der Waals surface area contributed by atoms with Crippen molar-refractivity contribution >= 4 is 29.3 Å². The molecule has 0 aliphatic carbocycles. The molecule has 3 rings (SSSR count). The second-order valence-electron chi connectivity index (χ2n) is 7.48. The first-order chi connectivity index (χ1) is 14.7. The molecule has 9 heteroatoms. The van der Waals surface area contributed by atoms with Gasteiger partial charge in [-0.05, 0) is 49.2 Å². The van der Waals surface area contributed by atoms with E-state index in [4.69, 9.17) is 21.4 Å². The number of benzene rings is 1. The lowest BCUT2D eigenvalue weighted by Crippen LogP contribution is -2.15. The van der Waals surface area contributed by atoms with Crippen molar-refractivity contribution in [2.75, 3.05) is 11.9 Å². The largest absolute Gasteiger partial charge is 0.493 e. The lowest BCUT2D eigenvalue weighted by Gasteiger charge is -2.14. The van der Waals surface area contributed by atoms with Gasteiger partial charge in [-0.2, -0.15) is 5.10 Å². The number of nitrogens with zero attached hydrogens (tertiary/aromatic N) is 3. The van der Waals surface area contributed by atoms with Gasteiger partial charge in [0.1, 0.15) is 11.6 Å². The number of anilines is 1. The highest BCUT2D eigenvalue weighted by Crippen LogP contribution is 2.25. The zero-order chi connectivity index (χ0) is 22.5. The molecule has 1 aromatic carbocycles. The van der Waals surface area contributed by atoms with E-state index in [0.717, 1.165) is 17.0 Å². The zero-order valence-electron chi connectivity index (χ0n) is 17.4. The minimum atomic E-state index is -1.09. The molecular weight excluding hydrogens is 420 g/mol. The number of ether oxygens (including phenoxy) is 1. The maximum atomic E-state index is 12.6. The van der Waals surface area contributed by atoms with Crippen LogP contribution in [0.4, 0.5) is 5.82 Å². The highest BCUT2D eigenvalue weighted by Gasteiger charge is 2.15. The van der Waals surface area contributed by atoms with Gasteiger partial charge in [0.25, 0.3) is 5.91 Å². The fraction of sp³-hybridized carbons (Fsp3) is 0.273. The van der Waals surface area contributed by atoms with Gasteiger partial charge in [-0.1, -0.05) is 25.4 Å². The van der Waals surface area contributed by atoms with E-state index in [1.165, 1.54) is 18.3 Å². The average molecular weight is 443 g/mol. The van der Waals surface area contributed by atoms with E-state index in [1.807, 2.05) is 19.1 Å². The number of carbonyl (C=O) groups is 2. The molecule has 0 aliphatic heterocycles. The van der Waals surface area contributed by atoms with Crippen molar-refractivity contribution in [1.82, 2.24) is 14.8 Å². The molecule has 0 radical (unpaired) electrons. The van der Waals surface area contributed by atoms with Crippen LogP contribution in [0.1, 0.15) is 46.0 Å². The average Bonchev–Trinajstić information content (AvgIpc) is 3.08. The second kappa shape index (κ2) is 9.61. The lowest BCUT2D eigenvalue weighted by atomic mass is 10.2. The van der Waals surface area contributed by atoms with Gasteiger partial charge >= 0.3 is 5.97 Å². The molecule has 0 fully saturated rings. The van der Waals surface area contributed by atoms with Gasteiger partial charge in [-0.25, -0.2) is 9.78 Å². The summed E-state index contributed by atoms with van der Waals surface area (Å²) in [6.45, 7) is 6.96. The number of aryl methyl sites for hydroxylation is 1. The first kappa shape index (κ1) is 22.3.